The molecule has 4 heteroatoms. The minimum atomic E-state index is 0.462. The van der Waals surface area contributed by atoms with E-state index < -0.39 is 0 Å². The van der Waals surface area contributed by atoms with E-state index in [9.17, 15) is 0 Å². The zero-order valence-electron chi connectivity index (χ0n) is 7.70. The third kappa shape index (κ3) is 1.29. The second-order valence-electron chi connectivity index (χ2n) is 3.99. The number of guanidine groups is 1. The Balaban J connectivity index is 1.72. The average molecular weight is 181 g/mol. The van der Waals surface area contributed by atoms with Crippen molar-refractivity contribution in [1.29, 1.82) is 0 Å². The van der Waals surface area contributed by atoms with Gasteiger partial charge in [0.25, 0.3) is 0 Å². The summed E-state index contributed by atoms with van der Waals surface area (Å²) in [5.41, 5.74) is 0. The monoisotopic (exact) mass is 181 g/mol. The lowest BCUT2D eigenvalue weighted by Gasteiger charge is -2.33. The maximum absolute atomic E-state index is 5.76. The molecule has 2 unspecified atom stereocenters. The van der Waals surface area contributed by atoms with Gasteiger partial charge in [-0.25, -0.2) is 0 Å². The Morgan fingerprint density at radius 1 is 1.31 bits per heavy atom. The second-order valence-corrected chi connectivity index (χ2v) is 3.99. The standard InChI is InChI=1S/C9H15N3O/c1-2-8-6-12(5-7(1)13-8)9-10-3-4-11-9/h7-8H,1-6H2,(H,10,11). The molecule has 0 aromatic carbocycles. The summed E-state index contributed by atoms with van der Waals surface area (Å²) in [6.45, 7) is 3.99. The highest BCUT2D eigenvalue weighted by Gasteiger charge is 2.35. The summed E-state index contributed by atoms with van der Waals surface area (Å²) < 4.78 is 5.76. The van der Waals surface area contributed by atoms with Crippen molar-refractivity contribution in [1.82, 2.24) is 10.2 Å². The summed E-state index contributed by atoms with van der Waals surface area (Å²) in [4.78, 5) is 6.78. The average Bonchev–Trinajstić information content (AvgIpc) is 2.75. The van der Waals surface area contributed by atoms with E-state index in [2.05, 4.69) is 15.2 Å². The normalized spacial score (nSPS) is 37.5. The van der Waals surface area contributed by atoms with E-state index in [0.717, 1.165) is 32.1 Å². The number of hydrogen-bond donors (Lipinski definition) is 1. The van der Waals surface area contributed by atoms with Crippen molar-refractivity contribution in [2.45, 2.75) is 25.0 Å². The number of morpholine rings is 1. The lowest BCUT2D eigenvalue weighted by Crippen LogP contribution is -2.49. The first kappa shape index (κ1) is 7.62. The highest BCUT2D eigenvalue weighted by Crippen LogP contribution is 2.26. The summed E-state index contributed by atoms with van der Waals surface area (Å²) in [6, 6.07) is 0. The lowest BCUT2D eigenvalue weighted by molar-refractivity contribution is -0.0165. The van der Waals surface area contributed by atoms with Crippen LogP contribution in [0.3, 0.4) is 0 Å². The Morgan fingerprint density at radius 2 is 2.08 bits per heavy atom. The Bertz CT molecular complexity index is 229. The number of nitrogens with zero attached hydrogens (tertiary/aromatic N) is 2. The molecule has 2 fully saturated rings. The summed E-state index contributed by atoms with van der Waals surface area (Å²) in [5.74, 6) is 1.10. The third-order valence-electron chi connectivity index (χ3n) is 3.00. The molecule has 2 bridgehead atoms. The number of hydrogen-bond acceptors (Lipinski definition) is 4. The number of ether oxygens (including phenoxy) is 1. The van der Waals surface area contributed by atoms with Crippen LogP contribution in [0.5, 0.6) is 0 Å². The summed E-state index contributed by atoms with van der Waals surface area (Å²) in [6.07, 6.45) is 3.38. The predicted octanol–water partition coefficient (Wildman–Crippen LogP) is -0.191. The van der Waals surface area contributed by atoms with Gasteiger partial charge in [-0.15, -0.1) is 0 Å². The predicted molar refractivity (Wildman–Crippen MR) is 49.8 cm³/mol. The molecule has 0 aromatic heterocycles. The SMILES string of the molecule is C1CNC(N2CC3CCC(C2)O3)=N1. The molecule has 2 saturated heterocycles. The van der Waals surface area contributed by atoms with E-state index in [0.29, 0.717) is 12.2 Å². The first-order chi connectivity index (χ1) is 6.42. The molecule has 3 aliphatic heterocycles. The molecule has 3 heterocycles. The maximum atomic E-state index is 5.76. The molecule has 3 rings (SSSR count). The number of likely N-dealkylation sites (tertiary alicyclic amines) is 1. The number of aliphatic imine (C=N–C) groups is 1. The van der Waals surface area contributed by atoms with Crippen LogP contribution in [-0.2, 0) is 4.74 Å². The molecular formula is C9H15N3O. The van der Waals surface area contributed by atoms with E-state index in [1.54, 1.807) is 0 Å². The topological polar surface area (TPSA) is 36.9 Å². The van der Waals surface area contributed by atoms with Crippen molar-refractivity contribution in [3.8, 4) is 0 Å². The van der Waals surface area contributed by atoms with Crippen LogP contribution in [0.2, 0.25) is 0 Å². The quantitative estimate of drug-likeness (QED) is 0.562. The molecule has 0 amide bonds. The van der Waals surface area contributed by atoms with Crippen molar-refractivity contribution < 1.29 is 4.74 Å². The Kier molecular flexibility index (Phi) is 1.68. The van der Waals surface area contributed by atoms with E-state index >= 15 is 0 Å². The number of fused-ring (bicyclic) bond motifs is 2. The van der Waals surface area contributed by atoms with Crippen LogP contribution in [0.15, 0.2) is 4.99 Å². The molecule has 13 heavy (non-hydrogen) atoms. The largest absolute Gasteiger partial charge is 0.371 e. The molecule has 1 N–H and O–H groups in total. The third-order valence-corrected chi connectivity index (χ3v) is 3.00. The van der Waals surface area contributed by atoms with Crippen LogP contribution >= 0.6 is 0 Å². The van der Waals surface area contributed by atoms with Crippen LogP contribution < -0.4 is 5.32 Å². The van der Waals surface area contributed by atoms with Crippen molar-refractivity contribution in [2.24, 2.45) is 4.99 Å². The van der Waals surface area contributed by atoms with Crippen molar-refractivity contribution >= 4 is 5.96 Å². The van der Waals surface area contributed by atoms with Gasteiger partial charge in [0.1, 0.15) is 0 Å². The van der Waals surface area contributed by atoms with Gasteiger partial charge >= 0.3 is 0 Å². The molecule has 4 nitrogen and oxygen atoms in total. The Hall–Kier alpha value is -0.770. The van der Waals surface area contributed by atoms with Crippen molar-refractivity contribution in [3.05, 3.63) is 0 Å². The van der Waals surface area contributed by atoms with E-state index in [1.807, 2.05) is 0 Å². The molecule has 0 aliphatic carbocycles. The fourth-order valence-electron chi connectivity index (χ4n) is 2.38. The van der Waals surface area contributed by atoms with Gasteiger partial charge in [-0.2, -0.15) is 0 Å². The molecule has 0 aromatic rings. The second kappa shape index (κ2) is 2.87. The van der Waals surface area contributed by atoms with E-state index in [4.69, 9.17) is 4.74 Å². The number of rotatable bonds is 0. The zero-order valence-corrected chi connectivity index (χ0v) is 7.70. The fraction of sp³-hybridized carbons (Fsp3) is 0.889. The van der Waals surface area contributed by atoms with E-state index in [-0.39, 0.29) is 0 Å². The van der Waals surface area contributed by atoms with Crippen LogP contribution in [-0.4, -0.2) is 49.2 Å². The Morgan fingerprint density at radius 3 is 2.69 bits per heavy atom. The van der Waals surface area contributed by atoms with Gasteiger partial charge in [0.15, 0.2) is 5.96 Å². The minimum absolute atomic E-state index is 0.462. The van der Waals surface area contributed by atoms with E-state index in [1.165, 1.54) is 12.8 Å². The van der Waals surface area contributed by atoms with Gasteiger partial charge < -0.3 is 15.0 Å². The molecule has 0 radical (unpaired) electrons. The minimum Gasteiger partial charge on any atom is -0.371 e. The highest BCUT2D eigenvalue weighted by atomic mass is 16.5. The molecule has 0 spiro atoms. The number of nitrogens with one attached hydrogen (secondary N) is 1. The van der Waals surface area contributed by atoms with Crippen molar-refractivity contribution in [3.63, 3.8) is 0 Å². The molecule has 72 valence electrons. The smallest absolute Gasteiger partial charge is 0.194 e. The first-order valence-corrected chi connectivity index (χ1v) is 5.10. The van der Waals surface area contributed by atoms with Gasteiger partial charge in [-0.1, -0.05) is 0 Å². The zero-order chi connectivity index (χ0) is 8.67. The maximum Gasteiger partial charge on any atom is 0.194 e. The van der Waals surface area contributed by atoms with Crippen LogP contribution in [0.4, 0.5) is 0 Å². The van der Waals surface area contributed by atoms with Gasteiger partial charge in [0.05, 0.1) is 18.8 Å². The van der Waals surface area contributed by atoms with Crippen LogP contribution in [0, 0.1) is 0 Å². The molecule has 3 aliphatic rings. The van der Waals surface area contributed by atoms with Gasteiger partial charge in [-0.05, 0) is 12.8 Å². The summed E-state index contributed by atoms with van der Waals surface area (Å²) >= 11 is 0. The molecular weight excluding hydrogens is 166 g/mol. The van der Waals surface area contributed by atoms with Crippen molar-refractivity contribution in [2.75, 3.05) is 26.2 Å². The summed E-state index contributed by atoms with van der Waals surface area (Å²) in [7, 11) is 0. The first-order valence-electron chi connectivity index (χ1n) is 5.10. The van der Waals surface area contributed by atoms with Gasteiger partial charge in [0, 0.05) is 19.6 Å². The van der Waals surface area contributed by atoms with Crippen LogP contribution in [0.1, 0.15) is 12.8 Å². The Labute approximate surface area is 78.0 Å². The lowest BCUT2D eigenvalue weighted by atomic mass is 10.2. The highest BCUT2D eigenvalue weighted by molar-refractivity contribution is 5.81. The molecule has 0 saturated carbocycles. The van der Waals surface area contributed by atoms with Gasteiger partial charge in [-0.3, -0.25) is 4.99 Å². The van der Waals surface area contributed by atoms with Crippen LogP contribution in [0.25, 0.3) is 0 Å². The fourth-order valence-corrected chi connectivity index (χ4v) is 2.38. The van der Waals surface area contributed by atoms with Gasteiger partial charge in [0.2, 0.25) is 0 Å². The summed E-state index contributed by atoms with van der Waals surface area (Å²) in [5, 5.41) is 3.32. The molecule has 2 atom stereocenters.